The predicted octanol–water partition coefficient (Wildman–Crippen LogP) is 2.39. The molecule has 0 saturated carbocycles. The summed E-state index contributed by atoms with van der Waals surface area (Å²) in [7, 11) is 1.65. The lowest BCUT2D eigenvalue weighted by Gasteiger charge is -2.34. The van der Waals surface area contributed by atoms with Gasteiger partial charge in [-0.1, -0.05) is 35.9 Å². The molecule has 2 aromatic carbocycles. The Morgan fingerprint density at radius 1 is 1.21 bits per heavy atom. The summed E-state index contributed by atoms with van der Waals surface area (Å²) in [6, 6.07) is 15.5. The Bertz CT molecular complexity index is 791. The molecule has 6 heteroatoms. The first kappa shape index (κ1) is 15.5. The molecule has 2 N–H and O–H groups in total. The number of methoxy groups -OCH3 is 1. The van der Waals surface area contributed by atoms with Crippen LogP contribution in [-0.4, -0.2) is 24.9 Å². The summed E-state index contributed by atoms with van der Waals surface area (Å²) in [5.74, 6) is 0.759. The van der Waals surface area contributed by atoms with Gasteiger partial charge in [0.2, 0.25) is 0 Å². The highest BCUT2D eigenvalue weighted by Crippen LogP contribution is 2.39. The lowest BCUT2D eigenvalue weighted by Crippen LogP contribution is -3.03. The standard InChI is InChI=1S/C18H18ClN3O2/c1-24-17-5-3-2-4-15(17)22-18(12-6-8-13(19)9-7-12)16-10-14(23)11-21(16)20-22/h2-9,14,21,23H,10-11H2,1H3/t14-/m1/s1. The molecule has 0 aliphatic carbocycles. The highest BCUT2D eigenvalue weighted by Gasteiger charge is 2.36. The van der Waals surface area contributed by atoms with Crippen molar-refractivity contribution in [2.45, 2.75) is 12.5 Å². The fraction of sp³-hybridized carbons (Fsp3) is 0.222. The van der Waals surface area contributed by atoms with Crippen molar-refractivity contribution in [3.05, 3.63) is 70.3 Å². The summed E-state index contributed by atoms with van der Waals surface area (Å²) in [4.78, 5) is 0. The van der Waals surface area contributed by atoms with E-state index in [1.165, 1.54) is 0 Å². The molecule has 2 aliphatic rings. The zero-order chi connectivity index (χ0) is 16.7. The number of hydrogen-bond acceptors (Lipinski definition) is 3. The summed E-state index contributed by atoms with van der Waals surface area (Å²) in [6.07, 6.45) is 0.253. The second-order valence-corrected chi connectivity index (χ2v) is 6.36. The highest BCUT2D eigenvalue weighted by molar-refractivity contribution is 6.30. The average Bonchev–Trinajstić information content (AvgIpc) is 3.11. The number of aliphatic hydroxyl groups excluding tert-OH is 1. The van der Waals surface area contributed by atoms with E-state index in [4.69, 9.17) is 21.9 Å². The molecular formula is C18H18ClN3O2. The molecular weight excluding hydrogens is 326 g/mol. The molecule has 1 unspecified atom stereocenters. The van der Waals surface area contributed by atoms with Crippen molar-refractivity contribution < 1.29 is 14.9 Å². The third-order valence-corrected chi connectivity index (χ3v) is 4.62. The Labute approximate surface area is 145 Å². The Morgan fingerprint density at radius 3 is 2.71 bits per heavy atom. The van der Waals surface area contributed by atoms with Crippen molar-refractivity contribution in [2.75, 3.05) is 18.7 Å². The molecule has 1 saturated heterocycles. The van der Waals surface area contributed by atoms with Gasteiger partial charge in [0.05, 0.1) is 24.9 Å². The normalized spacial score (nSPS) is 22.9. The molecule has 2 heterocycles. The summed E-state index contributed by atoms with van der Waals surface area (Å²) < 4.78 is 5.50. The number of aliphatic hydroxyl groups is 1. The van der Waals surface area contributed by atoms with Crippen molar-refractivity contribution in [1.82, 2.24) is 0 Å². The largest absolute Gasteiger partial charge is 0.495 e. The quantitative estimate of drug-likeness (QED) is 0.899. The second-order valence-electron chi connectivity index (χ2n) is 5.93. The van der Waals surface area contributed by atoms with Crippen LogP contribution in [-0.2, 0) is 0 Å². The Kier molecular flexibility index (Phi) is 3.94. The first-order valence-corrected chi connectivity index (χ1v) is 8.23. The molecule has 24 heavy (non-hydrogen) atoms. The van der Waals surface area contributed by atoms with Crippen LogP contribution in [0.1, 0.15) is 12.0 Å². The zero-order valence-electron chi connectivity index (χ0n) is 13.2. The lowest BCUT2D eigenvalue weighted by atomic mass is 10.1. The number of fused-ring (bicyclic) bond motifs is 1. The molecule has 0 amide bonds. The average molecular weight is 344 g/mol. The van der Waals surface area contributed by atoms with E-state index in [2.05, 4.69) is 0 Å². The summed E-state index contributed by atoms with van der Waals surface area (Å²) in [6.45, 7) is 0.581. The summed E-state index contributed by atoms with van der Waals surface area (Å²) in [5, 5.41) is 13.6. The monoisotopic (exact) mass is 343 g/mol. The van der Waals surface area contributed by atoms with Crippen LogP contribution in [0.3, 0.4) is 0 Å². The number of halogens is 1. The van der Waals surface area contributed by atoms with Crippen molar-refractivity contribution >= 4 is 23.0 Å². The third-order valence-electron chi connectivity index (χ3n) is 4.37. The van der Waals surface area contributed by atoms with Crippen LogP contribution in [0.4, 0.5) is 5.69 Å². The van der Waals surface area contributed by atoms with E-state index in [9.17, 15) is 5.11 Å². The van der Waals surface area contributed by atoms with Crippen molar-refractivity contribution in [1.29, 1.82) is 0 Å². The van der Waals surface area contributed by atoms with Gasteiger partial charge in [-0.2, -0.15) is 0 Å². The van der Waals surface area contributed by atoms with Gasteiger partial charge in [0.25, 0.3) is 0 Å². The van der Waals surface area contributed by atoms with Gasteiger partial charge in [0, 0.05) is 10.6 Å². The molecule has 5 nitrogen and oxygen atoms in total. The van der Waals surface area contributed by atoms with Crippen LogP contribution in [0.15, 0.2) is 54.2 Å². The Morgan fingerprint density at radius 2 is 1.96 bits per heavy atom. The first-order chi connectivity index (χ1) is 11.7. The second kappa shape index (κ2) is 6.11. The zero-order valence-corrected chi connectivity index (χ0v) is 14.0. The van der Waals surface area contributed by atoms with Crippen molar-refractivity contribution in [3.63, 3.8) is 0 Å². The number of nitrogens with zero attached hydrogens (tertiary/aromatic N) is 2. The van der Waals surface area contributed by atoms with Crippen LogP contribution < -0.4 is 14.8 Å². The smallest absolute Gasteiger partial charge is 0.141 e. The van der Waals surface area contributed by atoms with E-state index in [1.54, 1.807) is 7.11 Å². The number of quaternary nitrogens is 1. The van der Waals surface area contributed by atoms with E-state index < -0.39 is 0 Å². The van der Waals surface area contributed by atoms with Crippen molar-refractivity contribution in [2.24, 2.45) is 0 Å². The minimum Gasteiger partial charge on any atom is -0.495 e. The van der Waals surface area contributed by atoms with Gasteiger partial charge in [-0.3, -0.25) is 0 Å². The molecule has 124 valence electrons. The topological polar surface area (TPSA) is 51.2 Å². The summed E-state index contributed by atoms with van der Waals surface area (Å²) in [5.41, 5.74) is 8.75. The van der Waals surface area contributed by atoms with Gasteiger partial charge in [-0.05, 0) is 24.3 Å². The third kappa shape index (κ3) is 2.56. The van der Waals surface area contributed by atoms with E-state index >= 15 is 0 Å². The van der Waals surface area contributed by atoms with Crippen LogP contribution >= 0.6 is 11.6 Å². The lowest BCUT2D eigenvalue weighted by molar-refractivity contribution is -0.808. The molecule has 2 atom stereocenters. The predicted molar refractivity (Wildman–Crippen MR) is 93.7 cm³/mol. The summed E-state index contributed by atoms with van der Waals surface area (Å²) >= 11 is 6.04. The first-order valence-electron chi connectivity index (χ1n) is 7.85. The highest BCUT2D eigenvalue weighted by atomic mass is 35.5. The van der Waals surface area contributed by atoms with Crippen LogP contribution in [0.5, 0.6) is 5.75 Å². The number of rotatable bonds is 3. The van der Waals surface area contributed by atoms with Gasteiger partial charge >= 0.3 is 0 Å². The maximum absolute atomic E-state index is 10.0. The molecule has 0 spiro atoms. The number of hydrogen-bond donors (Lipinski definition) is 2. The maximum atomic E-state index is 10.0. The number of ether oxygens (including phenoxy) is 1. The van der Waals surface area contributed by atoms with Gasteiger partial charge in [0.1, 0.15) is 24.1 Å². The van der Waals surface area contributed by atoms with Gasteiger partial charge in [-0.25, -0.2) is 0 Å². The molecule has 2 aliphatic heterocycles. The van der Waals surface area contributed by atoms with Crippen LogP contribution in [0.2, 0.25) is 5.02 Å². The SMILES string of the molecule is COc1ccccc1N1[N-][NH+]2C[C@H](O)CC2=C1c1ccc(Cl)cc1. The molecule has 0 radical (unpaired) electrons. The van der Waals surface area contributed by atoms with Gasteiger partial charge in [-0.15, -0.1) is 0 Å². The molecule has 0 bridgehead atoms. The fourth-order valence-electron chi connectivity index (χ4n) is 3.29. The number of anilines is 1. The van der Waals surface area contributed by atoms with Gasteiger partial charge in [0.15, 0.2) is 0 Å². The van der Waals surface area contributed by atoms with E-state index in [0.29, 0.717) is 18.0 Å². The Hall–Kier alpha value is -2.05. The minimum atomic E-state index is -0.360. The number of nitrogens with one attached hydrogen (secondary N) is 1. The van der Waals surface area contributed by atoms with E-state index in [1.807, 2.05) is 53.5 Å². The number of benzene rings is 2. The molecule has 2 aromatic rings. The van der Waals surface area contributed by atoms with E-state index in [-0.39, 0.29) is 6.10 Å². The minimum absolute atomic E-state index is 0.360. The van der Waals surface area contributed by atoms with Crippen LogP contribution in [0, 0.1) is 0 Å². The maximum Gasteiger partial charge on any atom is 0.141 e. The van der Waals surface area contributed by atoms with Gasteiger partial charge < -0.3 is 25.4 Å². The van der Waals surface area contributed by atoms with Crippen LogP contribution in [0.25, 0.3) is 11.2 Å². The molecule has 4 rings (SSSR count). The Balaban J connectivity index is 1.84. The molecule has 1 fully saturated rings. The van der Waals surface area contributed by atoms with E-state index in [0.717, 1.165) is 33.4 Å². The number of para-hydroxylation sites is 2. The molecule has 0 aromatic heterocycles. The van der Waals surface area contributed by atoms with Crippen molar-refractivity contribution in [3.8, 4) is 5.75 Å². The fourth-order valence-corrected chi connectivity index (χ4v) is 3.41.